The molecule has 5 aliphatic rings. The first-order valence-electron chi connectivity index (χ1n) is 16.4. The van der Waals surface area contributed by atoms with Gasteiger partial charge in [-0.2, -0.15) is 0 Å². The Morgan fingerprint density at radius 3 is 2.62 bits per heavy atom. The molecule has 0 aromatic heterocycles. The Hall–Kier alpha value is -1.78. The van der Waals surface area contributed by atoms with Crippen molar-refractivity contribution in [2.75, 3.05) is 6.54 Å². The van der Waals surface area contributed by atoms with Gasteiger partial charge in [0.05, 0.1) is 5.76 Å². The lowest BCUT2D eigenvalue weighted by molar-refractivity contribution is -0.151. The van der Waals surface area contributed by atoms with Gasteiger partial charge in [-0.3, -0.25) is 9.59 Å². The SMILES string of the molecule is CC(=O)NC[C@H](C)CCC1=C(C)[C@H]2[C@H](C[C@H]3[C@@H]4CC=C5C[C@@H](OC(=O)CCC(C)C)CC[C@]5(C)[C@H]4CC[C@@]32C)O1. The summed E-state index contributed by atoms with van der Waals surface area (Å²) in [5.74, 6) is 5.02. The zero-order valence-electron chi connectivity index (χ0n) is 26.3. The number of hydrogen-bond acceptors (Lipinski definition) is 4. The molecule has 0 aromatic carbocycles. The van der Waals surface area contributed by atoms with E-state index < -0.39 is 0 Å². The summed E-state index contributed by atoms with van der Waals surface area (Å²) >= 11 is 0. The first-order chi connectivity index (χ1) is 18.9. The number of fused-ring (bicyclic) bond motifs is 7. The van der Waals surface area contributed by atoms with E-state index in [1.54, 1.807) is 12.5 Å². The maximum atomic E-state index is 12.4. The van der Waals surface area contributed by atoms with E-state index in [9.17, 15) is 9.59 Å². The molecule has 1 amide bonds. The molecule has 0 saturated heterocycles. The number of esters is 1. The van der Waals surface area contributed by atoms with Crippen molar-refractivity contribution in [1.82, 2.24) is 5.32 Å². The fraction of sp³-hybridized carbons (Fsp3) is 0.829. The summed E-state index contributed by atoms with van der Waals surface area (Å²) in [5.41, 5.74) is 3.67. The summed E-state index contributed by atoms with van der Waals surface area (Å²) in [4.78, 5) is 23.7. The van der Waals surface area contributed by atoms with Crippen LogP contribution >= 0.6 is 0 Å². The molecule has 0 radical (unpaired) electrons. The minimum atomic E-state index is -0.00695. The van der Waals surface area contributed by atoms with E-state index in [0.29, 0.717) is 35.7 Å². The number of amides is 1. The van der Waals surface area contributed by atoms with Crippen LogP contribution < -0.4 is 5.32 Å². The largest absolute Gasteiger partial charge is 0.494 e. The molecule has 5 rings (SSSR count). The lowest BCUT2D eigenvalue weighted by atomic mass is 9.47. The predicted molar refractivity (Wildman–Crippen MR) is 159 cm³/mol. The minimum absolute atomic E-state index is 0.00695. The third-order valence-electron chi connectivity index (χ3n) is 12.1. The van der Waals surface area contributed by atoms with Gasteiger partial charge in [-0.15, -0.1) is 0 Å². The fourth-order valence-electron chi connectivity index (χ4n) is 9.76. The average molecular weight is 554 g/mol. The Bertz CT molecular complexity index is 1040. The zero-order valence-corrected chi connectivity index (χ0v) is 26.3. The van der Waals surface area contributed by atoms with Crippen LogP contribution in [0.1, 0.15) is 119 Å². The second-order valence-corrected chi connectivity index (χ2v) is 15.1. The second kappa shape index (κ2) is 11.5. The van der Waals surface area contributed by atoms with Crippen molar-refractivity contribution in [1.29, 1.82) is 0 Å². The molecule has 1 N–H and O–H groups in total. The molecule has 0 aromatic rings. The summed E-state index contributed by atoms with van der Waals surface area (Å²) in [6.07, 6.45) is 14.5. The number of carbonyl (C=O) groups is 2. The van der Waals surface area contributed by atoms with Crippen LogP contribution in [0, 0.1) is 46.3 Å². The summed E-state index contributed by atoms with van der Waals surface area (Å²) in [7, 11) is 0. The molecular weight excluding hydrogens is 498 g/mol. The van der Waals surface area contributed by atoms with Crippen molar-refractivity contribution in [2.24, 2.45) is 46.3 Å². The van der Waals surface area contributed by atoms with Gasteiger partial charge in [0.15, 0.2) is 0 Å². The molecule has 3 fully saturated rings. The standard InChI is InChI=1S/C35H55NO4/c1-21(2)8-13-32(38)39-26-14-16-34(6)25(18-26)10-11-27-28(34)15-17-35(7)29(27)19-31-33(35)23(4)30(40-31)12-9-22(3)20-36-24(5)37/h10,21-22,26-29,31,33H,8-9,11-20H2,1-7H3,(H,36,37)/t22-,26+,27-,28+,29+,31+,33+,34+,35+/m1/s1. The highest BCUT2D eigenvalue weighted by Gasteiger charge is 2.63. The van der Waals surface area contributed by atoms with Crippen LogP contribution in [0.3, 0.4) is 0 Å². The highest BCUT2D eigenvalue weighted by atomic mass is 16.5. The number of nitrogens with one attached hydrogen (secondary N) is 1. The Morgan fingerprint density at radius 1 is 1.12 bits per heavy atom. The van der Waals surface area contributed by atoms with E-state index in [1.165, 1.54) is 37.0 Å². The summed E-state index contributed by atoms with van der Waals surface area (Å²) in [6.45, 7) is 16.3. The van der Waals surface area contributed by atoms with E-state index in [4.69, 9.17) is 9.47 Å². The fourth-order valence-corrected chi connectivity index (χ4v) is 9.76. The van der Waals surface area contributed by atoms with Crippen LogP contribution in [0.25, 0.3) is 0 Å². The van der Waals surface area contributed by atoms with Gasteiger partial charge in [-0.1, -0.05) is 46.3 Å². The van der Waals surface area contributed by atoms with E-state index in [0.717, 1.165) is 62.8 Å². The van der Waals surface area contributed by atoms with E-state index in [1.807, 2.05) is 0 Å². The number of hydrogen-bond donors (Lipinski definition) is 1. The van der Waals surface area contributed by atoms with Crippen molar-refractivity contribution in [3.05, 3.63) is 23.0 Å². The number of carbonyl (C=O) groups excluding carboxylic acids is 2. The average Bonchev–Trinajstić information content (AvgIpc) is 3.38. The quantitative estimate of drug-likeness (QED) is 0.234. The predicted octanol–water partition coefficient (Wildman–Crippen LogP) is 7.75. The molecule has 5 heteroatoms. The molecule has 3 saturated carbocycles. The van der Waals surface area contributed by atoms with Crippen molar-refractivity contribution in [3.63, 3.8) is 0 Å². The summed E-state index contributed by atoms with van der Waals surface area (Å²) < 4.78 is 12.7. The normalized spacial score (nSPS) is 39.0. The Labute approximate surface area is 243 Å². The molecule has 0 spiro atoms. The monoisotopic (exact) mass is 553 g/mol. The van der Waals surface area contributed by atoms with Gasteiger partial charge >= 0.3 is 5.97 Å². The number of allylic oxidation sites excluding steroid dienone is 2. The van der Waals surface area contributed by atoms with Crippen molar-refractivity contribution in [2.45, 2.75) is 131 Å². The van der Waals surface area contributed by atoms with E-state index >= 15 is 0 Å². The van der Waals surface area contributed by atoms with Crippen LogP contribution in [0.5, 0.6) is 0 Å². The number of rotatable bonds is 9. The molecule has 40 heavy (non-hydrogen) atoms. The Kier molecular flexibility index (Phi) is 8.52. The van der Waals surface area contributed by atoms with Gasteiger partial charge in [0.2, 0.25) is 5.91 Å². The van der Waals surface area contributed by atoms with Gasteiger partial charge in [0.25, 0.3) is 0 Å². The van der Waals surface area contributed by atoms with Crippen LogP contribution in [0.2, 0.25) is 0 Å². The first kappa shape index (κ1) is 29.7. The molecule has 1 heterocycles. The van der Waals surface area contributed by atoms with Crippen molar-refractivity contribution in [3.8, 4) is 0 Å². The van der Waals surface area contributed by atoms with Gasteiger partial charge in [0, 0.05) is 38.6 Å². The number of ether oxygens (including phenoxy) is 2. The molecule has 9 atom stereocenters. The Morgan fingerprint density at radius 2 is 1.90 bits per heavy atom. The third kappa shape index (κ3) is 5.52. The summed E-state index contributed by atoms with van der Waals surface area (Å²) in [5, 5.41) is 2.96. The highest BCUT2D eigenvalue weighted by molar-refractivity contribution is 5.72. The van der Waals surface area contributed by atoms with E-state index in [2.05, 4.69) is 52.9 Å². The van der Waals surface area contributed by atoms with Crippen molar-refractivity contribution < 1.29 is 19.1 Å². The first-order valence-corrected chi connectivity index (χ1v) is 16.4. The third-order valence-corrected chi connectivity index (χ3v) is 12.1. The maximum absolute atomic E-state index is 12.4. The molecule has 0 bridgehead atoms. The van der Waals surface area contributed by atoms with Gasteiger partial charge < -0.3 is 14.8 Å². The Balaban J connectivity index is 1.23. The smallest absolute Gasteiger partial charge is 0.306 e. The van der Waals surface area contributed by atoms with E-state index in [-0.39, 0.29) is 23.4 Å². The van der Waals surface area contributed by atoms with Crippen molar-refractivity contribution >= 4 is 11.9 Å². The summed E-state index contributed by atoms with van der Waals surface area (Å²) in [6, 6.07) is 0. The van der Waals surface area contributed by atoms with Crippen LogP contribution in [0.4, 0.5) is 0 Å². The molecule has 0 unspecified atom stereocenters. The van der Waals surface area contributed by atoms with Gasteiger partial charge in [0.1, 0.15) is 12.2 Å². The molecule has 5 nitrogen and oxygen atoms in total. The topological polar surface area (TPSA) is 64.6 Å². The molecule has 224 valence electrons. The molecule has 4 aliphatic carbocycles. The maximum Gasteiger partial charge on any atom is 0.306 e. The minimum Gasteiger partial charge on any atom is -0.494 e. The molecule has 1 aliphatic heterocycles. The van der Waals surface area contributed by atoms with Gasteiger partial charge in [-0.25, -0.2) is 0 Å². The van der Waals surface area contributed by atoms with Crippen LogP contribution in [-0.4, -0.2) is 30.6 Å². The van der Waals surface area contributed by atoms with Crippen LogP contribution in [-0.2, 0) is 19.1 Å². The van der Waals surface area contributed by atoms with Crippen LogP contribution in [0.15, 0.2) is 23.0 Å². The zero-order chi connectivity index (χ0) is 28.8. The highest BCUT2D eigenvalue weighted by Crippen LogP contribution is 2.69. The lowest BCUT2D eigenvalue weighted by Gasteiger charge is -2.58. The molecular formula is C35H55NO4. The second-order valence-electron chi connectivity index (χ2n) is 15.1. The van der Waals surface area contributed by atoms with Gasteiger partial charge in [-0.05, 0) is 104 Å². The lowest BCUT2D eigenvalue weighted by Crippen LogP contribution is -2.50.